The highest BCUT2D eigenvalue weighted by molar-refractivity contribution is 7.92. The fraction of sp³-hybridized carbons (Fsp3) is 0.235. The van der Waals surface area contributed by atoms with Crippen molar-refractivity contribution in [1.29, 1.82) is 0 Å². The van der Waals surface area contributed by atoms with Crippen LogP contribution < -0.4 is 14.4 Å². The van der Waals surface area contributed by atoms with Gasteiger partial charge in [-0.1, -0.05) is 18.2 Å². The van der Waals surface area contributed by atoms with Crippen molar-refractivity contribution in [3.05, 3.63) is 53.8 Å². The SMILES string of the molecule is COc1cc(F)ccc1NC(=O)CN(c1ccccc1C)S(C)(=O)=O. The molecule has 0 radical (unpaired) electrons. The molecule has 0 aliphatic heterocycles. The summed E-state index contributed by atoms with van der Waals surface area (Å²) in [7, 11) is -2.32. The van der Waals surface area contributed by atoms with E-state index in [0.717, 1.165) is 22.2 Å². The topological polar surface area (TPSA) is 75.7 Å². The lowest BCUT2D eigenvalue weighted by Gasteiger charge is -2.23. The minimum Gasteiger partial charge on any atom is -0.494 e. The molecule has 0 atom stereocenters. The Hall–Kier alpha value is -2.61. The van der Waals surface area contributed by atoms with E-state index in [4.69, 9.17) is 4.74 Å². The van der Waals surface area contributed by atoms with E-state index in [9.17, 15) is 17.6 Å². The number of nitrogens with one attached hydrogen (secondary N) is 1. The van der Waals surface area contributed by atoms with E-state index in [2.05, 4.69) is 5.32 Å². The van der Waals surface area contributed by atoms with Crippen LogP contribution in [-0.4, -0.2) is 34.2 Å². The molecule has 2 aromatic rings. The molecule has 0 spiro atoms. The molecular weight excluding hydrogens is 347 g/mol. The van der Waals surface area contributed by atoms with Crippen LogP contribution in [0.4, 0.5) is 15.8 Å². The Balaban J connectivity index is 2.26. The van der Waals surface area contributed by atoms with E-state index in [1.807, 2.05) is 0 Å². The third-order valence-electron chi connectivity index (χ3n) is 3.51. The predicted octanol–water partition coefficient (Wildman–Crippen LogP) is 2.55. The normalized spacial score (nSPS) is 11.0. The summed E-state index contributed by atoms with van der Waals surface area (Å²) in [5.74, 6) is -0.929. The molecule has 2 rings (SSSR count). The second kappa shape index (κ2) is 7.52. The molecule has 0 unspecified atom stereocenters. The molecule has 0 saturated heterocycles. The molecule has 0 aromatic heterocycles. The molecule has 1 N–H and O–H groups in total. The Morgan fingerprint density at radius 2 is 1.92 bits per heavy atom. The number of para-hydroxylation sites is 1. The van der Waals surface area contributed by atoms with Gasteiger partial charge in [-0.3, -0.25) is 9.10 Å². The second-order valence-electron chi connectivity index (χ2n) is 5.45. The first kappa shape index (κ1) is 18.7. The maximum absolute atomic E-state index is 13.2. The number of nitrogens with zero attached hydrogens (tertiary/aromatic N) is 1. The number of hydrogen-bond acceptors (Lipinski definition) is 4. The third-order valence-corrected chi connectivity index (χ3v) is 4.64. The Kier molecular flexibility index (Phi) is 5.63. The molecule has 25 heavy (non-hydrogen) atoms. The lowest BCUT2D eigenvalue weighted by Crippen LogP contribution is -2.37. The van der Waals surface area contributed by atoms with Crippen LogP contribution in [0.15, 0.2) is 42.5 Å². The van der Waals surface area contributed by atoms with E-state index >= 15 is 0 Å². The number of amides is 1. The Labute approximate surface area is 146 Å². The number of aryl methyl sites for hydroxylation is 1. The van der Waals surface area contributed by atoms with E-state index in [-0.39, 0.29) is 11.4 Å². The largest absolute Gasteiger partial charge is 0.494 e. The minimum atomic E-state index is -3.67. The number of halogens is 1. The smallest absolute Gasteiger partial charge is 0.245 e. The number of ether oxygens (including phenoxy) is 1. The monoisotopic (exact) mass is 366 g/mol. The van der Waals surface area contributed by atoms with Gasteiger partial charge < -0.3 is 10.1 Å². The molecular formula is C17H19FN2O4S. The third kappa shape index (κ3) is 4.69. The molecule has 6 nitrogen and oxygen atoms in total. The first-order valence-electron chi connectivity index (χ1n) is 7.39. The highest BCUT2D eigenvalue weighted by Crippen LogP contribution is 2.26. The summed E-state index contributed by atoms with van der Waals surface area (Å²) in [5.41, 5.74) is 1.40. The number of hydrogen-bond donors (Lipinski definition) is 1. The van der Waals surface area contributed by atoms with E-state index in [0.29, 0.717) is 5.69 Å². The van der Waals surface area contributed by atoms with Crippen molar-refractivity contribution in [2.45, 2.75) is 6.92 Å². The van der Waals surface area contributed by atoms with Crippen LogP contribution >= 0.6 is 0 Å². The summed E-state index contributed by atoms with van der Waals surface area (Å²) in [6, 6.07) is 10.5. The number of methoxy groups -OCH3 is 1. The van der Waals surface area contributed by atoms with Gasteiger partial charge in [-0.15, -0.1) is 0 Å². The van der Waals surface area contributed by atoms with Gasteiger partial charge in [0.15, 0.2) is 0 Å². The lowest BCUT2D eigenvalue weighted by atomic mass is 10.2. The van der Waals surface area contributed by atoms with Crippen molar-refractivity contribution in [3.8, 4) is 5.75 Å². The van der Waals surface area contributed by atoms with Crippen LogP contribution in [0.5, 0.6) is 5.75 Å². The van der Waals surface area contributed by atoms with Gasteiger partial charge >= 0.3 is 0 Å². The fourth-order valence-electron chi connectivity index (χ4n) is 2.31. The lowest BCUT2D eigenvalue weighted by molar-refractivity contribution is -0.114. The van der Waals surface area contributed by atoms with Crippen molar-refractivity contribution >= 4 is 27.3 Å². The molecule has 0 saturated carbocycles. The first-order chi connectivity index (χ1) is 11.7. The van der Waals surface area contributed by atoms with Gasteiger partial charge in [0.25, 0.3) is 0 Å². The fourth-order valence-corrected chi connectivity index (χ4v) is 3.23. The van der Waals surface area contributed by atoms with Crippen LogP contribution in [-0.2, 0) is 14.8 Å². The number of rotatable bonds is 6. The Morgan fingerprint density at radius 3 is 2.52 bits per heavy atom. The van der Waals surface area contributed by atoms with Crippen LogP contribution in [0.3, 0.4) is 0 Å². The number of carbonyl (C=O) groups excluding carboxylic acids is 1. The van der Waals surface area contributed by atoms with Crippen molar-refractivity contribution < 1.29 is 22.3 Å². The number of benzene rings is 2. The molecule has 134 valence electrons. The maximum Gasteiger partial charge on any atom is 0.245 e. The van der Waals surface area contributed by atoms with Gasteiger partial charge in [-0.05, 0) is 30.7 Å². The molecule has 2 aromatic carbocycles. The quantitative estimate of drug-likeness (QED) is 0.852. The average Bonchev–Trinajstić information content (AvgIpc) is 2.54. The molecule has 0 fully saturated rings. The Morgan fingerprint density at radius 1 is 1.24 bits per heavy atom. The summed E-state index contributed by atoms with van der Waals surface area (Å²) < 4.78 is 43.5. The Bertz CT molecular complexity index is 884. The van der Waals surface area contributed by atoms with Crippen molar-refractivity contribution in [1.82, 2.24) is 0 Å². The number of carbonyl (C=O) groups is 1. The number of sulfonamides is 1. The van der Waals surface area contributed by atoms with Crippen LogP contribution in [0, 0.1) is 12.7 Å². The van der Waals surface area contributed by atoms with Gasteiger partial charge in [-0.2, -0.15) is 0 Å². The maximum atomic E-state index is 13.2. The zero-order valence-electron chi connectivity index (χ0n) is 14.1. The van der Waals surface area contributed by atoms with Gasteiger partial charge in [-0.25, -0.2) is 12.8 Å². The molecule has 8 heteroatoms. The van der Waals surface area contributed by atoms with Gasteiger partial charge in [0.05, 0.1) is 24.7 Å². The van der Waals surface area contributed by atoms with Crippen LogP contribution in [0.25, 0.3) is 0 Å². The summed E-state index contributed by atoms with van der Waals surface area (Å²) in [6.07, 6.45) is 1.03. The molecule has 1 amide bonds. The number of anilines is 2. The minimum absolute atomic E-state index is 0.148. The van der Waals surface area contributed by atoms with Crippen molar-refractivity contribution in [2.75, 3.05) is 29.5 Å². The first-order valence-corrected chi connectivity index (χ1v) is 9.24. The van der Waals surface area contributed by atoms with E-state index < -0.39 is 28.3 Å². The molecule has 0 aliphatic carbocycles. The van der Waals surface area contributed by atoms with Crippen LogP contribution in [0.1, 0.15) is 5.56 Å². The van der Waals surface area contributed by atoms with Crippen molar-refractivity contribution in [3.63, 3.8) is 0 Å². The predicted molar refractivity (Wildman–Crippen MR) is 95.0 cm³/mol. The van der Waals surface area contributed by atoms with Gasteiger partial charge in [0.1, 0.15) is 18.1 Å². The van der Waals surface area contributed by atoms with E-state index in [1.165, 1.54) is 19.2 Å². The summed E-state index contributed by atoms with van der Waals surface area (Å²) in [6.45, 7) is 1.35. The summed E-state index contributed by atoms with van der Waals surface area (Å²) in [5, 5.41) is 2.54. The molecule has 0 aliphatic rings. The summed E-state index contributed by atoms with van der Waals surface area (Å²) in [4.78, 5) is 12.3. The van der Waals surface area contributed by atoms with Crippen LogP contribution in [0.2, 0.25) is 0 Å². The summed E-state index contributed by atoms with van der Waals surface area (Å²) >= 11 is 0. The van der Waals surface area contributed by atoms with Gasteiger partial charge in [0, 0.05) is 6.07 Å². The van der Waals surface area contributed by atoms with Crippen molar-refractivity contribution in [2.24, 2.45) is 0 Å². The zero-order valence-corrected chi connectivity index (χ0v) is 14.9. The second-order valence-corrected chi connectivity index (χ2v) is 7.36. The highest BCUT2D eigenvalue weighted by Gasteiger charge is 2.22. The molecule has 0 heterocycles. The van der Waals surface area contributed by atoms with E-state index in [1.54, 1.807) is 31.2 Å². The average molecular weight is 366 g/mol. The zero-order chi connectivity index (χ0) is 18.6. The van der Waals surface area contributed by atoms with Gasteiger partial charge in [0.2, 0.25) is 15.9 Å². The highest BCUT2D eigenvalue weighted by atomic mass is 32.2. The molecule has 0 bridgehead atoms. The standard InChI is InChI=1S/C17H19FN2O4S/c1-12-6-4-5-7-15(12)20(25(3,22)23)11-17(21)19-14-9-8-13(18)10-16(14)24-2/h4-10H,11H2,1-3H3,(H,19,21).